The molecule has 8 aliphatic rings. The van der Waals surface area contributed by atoms with E-state index in [0.717, 1.165) is 51.2 Å². The van der Waals surface area contributed by atoms with Gasteiger partial charge in [0.15, 0.2) is 28.5 Å². The van der Waals surface area contributed by atoms with Crippen LogP contribution in [-0.4, -0.2) is 197 Å². The highest BCUT2D eigenvalue weighted by Gasteiger charge is 2.66. The van der Waals surface area contributed by atoms with E-state index in [-0.39, 0.29) is 121 Å². The zero-order valence-electron chi connectivity index (χ0n) is 46.1. The Labute approximate surface area is 515 Å². The van der Waals surface area contributed by atoms with Crippen molar-refractivity contribution < 1.29 is 88.0 Å². The molecule has 24 nitrogen and oxygen atoms in total. The van der Waals surface area contributed by atoms with E-state index in [1.807, 2.05) is 4.90 Å². The topological polar surface area (TPSA) is 401 Å². The van der Waals surface area contributed by atoms with Crippen molar-refractivity contribution in [2.75, 3.05) is 78.5 Å². The number of phenolic OH excluding ortho intramolecular Hbond substituents is 2. The maximum atomic E-state index is 15.4. The average Bonchev–Trinajstić information content (AvgIpc) is 0.901. The number of carbonyl (C=O) groups excluding carboxylic acids is 8. The zero-order chi connectivity index (χ0) is 59.8. The monoisotopic (exact) mass is 1300 g/mol. The molecule has 31 heteroatoms. The molecule has 468 valence electrons. The standard InChI is InChI=1S/C27H31FN4O8.C21H22FN3O7.C6H10ClNO.4ClH/c1-31(2)20-13-8-11-7-12-14(28)9-15(30-16(33)10-32-5-3-4-6-32)21(34)18(12)22(35)17(11)24(37)27(13,40)25(38)19(23(20)36)26(29)39;1-25(2)14-8-4-6-3-7-9(22)5-10(23)15(26)12(7)16(27)11(6)18(29)21(8,32)19(30)13(17(14)28)20(24)31;7-6(9)5-8-3-1-2-4-8;;;;/h9,11,13,20,34-35,38,40H,3-8,10H2,1-2H3,(H2,29,39)(H,30,33);5-6,8,14,26-27,30,32H,3-4,23H2,1-2H3,(H2,24,31);1-5H2;4*1H/t11?,13?,20-,27-;6?,8?,14-,21-;;;;;/m00...../s1. The van der Waals surface area contributed by atoms with Crippen LogP contribution in [0, 0.1) is 35.3 Å². The minimum atomic E-state index is -2.79. The van der Waals surface area contributed by atoms with Crippen molar-refractivity contribution in [2.24, 2.45) is 35.1 Å². The first-order valence-electron chi connectivity index (χ1n) is 26.0. The van der Waals surface area contributed by atoms with Crippen molar-refractivity contribution in [2.45, 2.75) is 74.7 Å². The van der Waals surface area contributed by atoms with Gasteiger partial charge in [-0.1, -0.05) is 0 Å². The van der Waals surface area contributed by atoms with Crippen LogP contribution in [-0.2, 0) is 51.2 Å². The summed E-state index contributed by atoms with van der Waals surface area (Å²) in [5.74, 6) is -18.4. The van der Waals surface area contributed by atoms with E-state index in [9.17, 15) is 83.6 Å². The first kappa shape index (κ1) is 71.3. The lowest BCUT2D eigenvalue weighted by Crippen LogP contribution is -2.65. The molecule has 2 saturated heterocycles. The Bertz CT molecular complexity index is 3260. The van der Waals surface area contributed by atoms with E-state index in [2.05, 4.69) is 10.2 Å². The summed E-state index contributed by atoms with van der Waals surface area (Å²) in [6.07, 6.45) is 3.74. The molecule has 2 aromatic rings. The number of carbonyl (C=O) groups is 8. The molecular formula is C54H67Cl5F2N8O16. The van der Waals surface area contributed by atoms with Crippen molar-refractivity contribution in [1.29, 1.82) is 0 Å². The number of benzene rings is 2. The van der Waals surface area contributed by atoms with Gasteiger partial charge in [-0.15, -0.1) is 49.6 Å². The summed E-state index contributed by atoms with van der Waals surface area (Å²) in [6.45, 7) is 4.01. The Morgan fingerprint density at radius 1 is 0.635 bits per heavy atom. The molecule has 2 heterocycles. The Kier molecular flexibility index (Phi) is 22.5. The second-order valence-corrected chi connectivity index (χ2v) is 22.5. The molecule has 4 fully saturated rings. The molecule has 4 unspecified atom stereocenters. The SMILES string of the molecule is CN(C)[C@@H]1C(=O)C(C(N)=O)=C(O)[C@@]2(O)C(=O)C3=C(O)c4c(O)c(N)cc(F)c4CC3CC12.CN(C)[C@@H]1C(=O)C(C(N)=O)=C(O)[C@@]2(O)C(=O)C3=C(O)c4c(O)c(NC(=O)CN5CCCC5)cc(F)c4CC3CC12.Cl.Cl.Cl.Cl.O=C(Cl)CN1CCCC1. The number of aliphatic hydroxyl groups excluding tert-OH is 4. The number of Topliss-reactive ketones (excluding diaryl/α,β-unsaturated/α-hetero) is 4. The van der Waals surface area contributed by atoms with Gasteiger partial charge in [0.05, 0.1) is 47.7 Å². The third-order valence-electron chi connectivity index (χ3n) is 16.7. The molecule has 2 saturated carbocycles. The van der Waals surface area contributed by atoms with E-state index < -0.39 is 156 Å². The Balaban J connectivity index is 0.000000309. The smallest absolute Gasteiger partial charge is 0.255 e. The summed E-state index contributed by atoms with van der Waals surface area (Å²) < 4.78 is 30.0. The lowest BCUT2D eigenvalue weighted by Gasteiger charge is -2.50. The molecule has 0 bridgehead atoms. The number of likely N-dealkylation sites (N-methyl/N-ethyl adjacent to an activating group) is 2. The molecule has 8 atom stereocenters. The van der Waals surface area contributed by atoms with E-state index in [0.29, 0.717) is 6.54 Å². The summed E-state index contributed by atoms with van der Waals surface area (Å²) in [5.41, 5.74) is 6.39. The van der Waals surface area contributed by atoms with Crippen LogP contribution in [0.5, 0.6) is 11.5 Å². The number of likely N-dealkylation sites (tertiary alicyclic amines) is 2. The highest BCUT2D eigenvalue weighted by atomic mass is 35.5. The van der Waals surface area contributed by atoms with Crippen LogP contribution in [0.25, 0.3) is 11.5 Å². The predicted molar refractivity (Wildman–Crippen MR) is 313 cm³/mol. The van der Waals surface area contributed by atoms with Gasteiger partial charge in [-0.25, -0.2) is 8.78 Å². The fourth-order valence-corrected chi connectivity index (χ4v) is 13.3. The quantitative estimate of drug-likeness (QED) is 0.0742. The van der Waals surface area contributed by atoms with Gasteiger partial charge in [-0.3, -0.25) is 58.0 Å². The largest absolute Gasteiger partial charge is 0.508 e. The molecule has 6 aliphatic carbocycles. The van der Waals surface area contributed by atoms with Gasteiger partial charge >= 0.3 is 0 Å². The third kappa shape index (κ3) is 12.2. The minimum absolute atomic E-state index is 0. The van der Waals surface area contributed by atoms with Gasteiger partial charge in [0.25, 0.3) is 11.8 Å². The molecule has 15 N–H and O–H groups in total. The number of aromatic hydroxyl groups is 2. The van der Waals surface area contributed by atoms with Gasteiger partial charge in [0, 0.05) is 46.2 Å². The van der Waals surface area contributed by atoms with Crippen LogP contribution < -0.4 is 22.5 Å². The number of amides is 3. The van der Waals surface area contributed by atoms with Crippen molar-refractivity contribution in [3.05, 3.63) is 79.8 Å². The van der Waals surface area contributed by atoms with E-state index >= 15 is 4.39 Å². The summed E-state index contributed by atoms with van der Waals surface area (Å²) in [5, 5.41) is 90.2. The number of hydrogen-bond donors (Lipinski definition) is 12. The molecular weight excluding hydrogens is 1230 g/mol. The molecule has 85 heavy (non-hydrogen) atoms. The Morgan fingerprint density at radius 3 is 1.36 bits per heavy atom. The number of halogens is 7. The Morgan fingerprint density at radius 2 is 1.00 bits per heavy atom. The summed E-state index contributed by atoms with van der Waals surface area (Å²) in [7, 11) is 5.97. The van der Waals surface area contributed by atoms with Crippen LogP contribution in [0.4, 0.5) is 20.2 Å². The lowest BCUT2D eigenvalue weighted by molar-refractivity contribution is -0.155. The summed E-state index contributed by atoms with van der Waals surface area (Å²) in [4.78, 5) is 107. The van der Waals surface area contributed by atoms with E-state index in [1.54, 1.807) is 0 Å². The number of ketones is 4. The number of anilines is 2. The van der Waals surface area contributed by atoms with Crippen molar-refractivity contribution in [3.8, 4) is 11.5 Å². The van der Waals surface area contributed by atoms with Crippen molar-refractivity contribution >= 4 is 130 Å². The van der Waals surface area contributed by atoms with Crippen LogP contribution in [0.1, 0.15) is 60.8 Å². The summed E-state index contributed by atoms with van der Waals surface area (Å²) in [6, 6.07) is -0.593. The lowest BCUT2D eigenvalue weighted by atomic mass is 9.57. The predicted octanol–water partition coefficient (Wildman–Crippen LogP) is 2.36. The third-order valence-corrected chi connectivity index (χ3v) is 16.9. The minimum Gasteiger partial charge on any atom is -0.508 e. The number of hydrogen-bond acceptors (Lipinski definition) is 21. The first-order valence-corrected chi connectivity index (χ1v) is 26.4. The summed E-state index contributed by atoms with van der Waals surface area (Å²) >= 11 is 5.18. The van der Waals surface area contributed by atoms with E-state index in [4.69, 9.17) is 28.8 Å². The maximum absolute atomic E-state index is 15.4. The fourth-order valence-electron chi connectivity index (χ4n) is 13.1. The van der Waals surface area contributed by atoms with Crippen LogP contribution >= 0.6 is 61.2 Å². The first-order chi connectivity index (χ1) is 37.9. The number of nitrogens with zero attached hydrogens (tertiary/aromatic N) is 4. The molecule has 10 rings (SSSR count). The number of nitrogens with one attached hydrogen (secondary N) is 1. The molecule has 2 aliphatic heterocycles. The number of nitrogens with two attached hydrogens (primary N) is 3. The van der Waals surface area contributed by atoms with Crippen molar-refractivity contribution in [3.63, 3.8) is 0 Å². The number of nitrogen functional groups attached to an aromatic ring is 1. The molecule has 0 radical (unpaired) electrons. The second kappa shape index (κ2) is 26.8. The Hall–Kier alpha value is -6.17. The van der Waals surface area contributed by atoms with Crippen LogP contribution in [0.15, 0.2) is 45.9 Å². The van der Waals surface area contributed by atoms with Gasteiger partial charge in [0.2, 0.25) is 22.7 Å². The maximum Gasteiger partial charge on any atom is 0.255 e. The number of rotatable bonds is 9. The average molecular weight is 1300 g/mol. The normalized spacial score (nSPS) is 26.8. The molecule has 3 amide bonds. The van der Waals surface area contributed by atoms with Crippen LogP contribution in [0.2, 0.25) is 0 Å². The molecule has 0 spiro atoms. The number of fused-ring (bicyclic) bond motifs is 6. The second-order valence-electron chi connectivity index (χ2n) is 22.1. The molecule has 0 aromatic heterocycles. The molecule has 2 aromatic carbocycles. The van der Waals surface area contributed by atoms with Gasteiger partial charge in [0.1, 0.15) is 51.6 Å². The number of primary amides is 2. The zero-order valence-corrected chi connectivity index (χ0v) is 50.2. The van der Waals surface area contributed by atoms with E-state index in [1.165, 1.54) is 50.8 Å². The van der Waals surface area contributed by atoms with Gasteiger partial charge < -0.3 is 63.4 Å². The van der Waals surface area contributed by atoms with Gasteiger partial charge in [-0.05, 0) is 129 Å². The van der Waals surface area contributed by atoms with Gasteiger partial charge in [-0.2, -0.15) is 0 Å². The highest BCUT2D eigenvalue weighted by molar-refractivity contribution is 6.64. The highest BCUT2D eigenvalue weighted by Crippen LogP contribution is 2.55. The fraction of sp³-hybridized carbons (Fsp3) is 0.481. The number of aliphatic hydroxyl groups is 6. The number of phenols is 2. The van der Waals surface area contributed by atoms with Crippen molar-refractivity contribution in [1.82, 2.24) is 19.6 Å². The van der Waals surface area contributed by atoms with Crippen LogP contribution in [0.3, 0.4) is 0 Å².